The second-order valence-electron chi connectivity index (χ2n) is 8.98. The van der Waals surface area contributed by atoms with Gasteiger partial charge in [0.05, 0.1) is 22.3 Å². The van der Waals surface area contributed by atoms with Gasteiger partial charge < -0.3 is 10.2 Å². The lowest BCUT2D eigenvalue weighted by Gasteiger charge is -2.38. The number of piperidine rings is 1. The molecule has 0 amide bonds. The SMILES string of the molecule is CN(C)[C@H]1C[C@H](c2nc(C(F)(F)F)c(-c3nc(NC4CCN(S(C)(=O)=O)CC4)ncc3F)s2)C1. The van der Waals surface area contributed by atoms with Gasteiger partial charge in [-0.05, 0) is 39.8 Å². The molecule has 2 aliphatic rings. The van der Waals surface area contributed by atoms with Crippen molar-refractivity contribution in [3.05, 3.63) is 22.7 Å². The Morgan fingerprint density at radius 1 is 1.18 bits per heavy atom. The Kier molecular flexibility index (Phi) is 6.88. The number of hydrogen-bond acceptors (Lipinski definition) is 8. The molecule has 34 heavy (non-hydrogen) atoms. The van der Waals surface area contributed by atoms with Crippen LogP contribution in [0.5, 0.6) is 0 Å². The Hall–Kier alpha value is -1.90. The van der Waals surface area contributed by atoms with Gasteiger partial charge in [-0.25, -0.2) is 32.1 Å². The quantitative estimate of drug-likeness (QED) is 0.582. The van der Waals surface area contributed by atoms with Gasteiger partial charge >= 0.3 is 6.18 Å². The Labute approximate surface area is 199 Å². The first kappa shape index (κ1) is 25.2. The van der Waals surface area contributed by atoms with E-state index in [4.69, 9.17) is 0 Å². The Morgan fingerprint density at radius 2 is 1.82 bits per heavy atom. The topological polar surface area (TPSA) is 91.3 Å². The van der Waals surface area contributed by atoms with Gasteiger partial charge in [0.2, 0.25) is 16.0 Å². The molecule has 0 aromatic carbocycles. The zero-order valence-electron chi connectivity index (χ0n) is 18.9. The summed E-state index contributed by atoms with van der Waals surface area (Å²) in [4.78, 5) is 13.5. The van der Waals surface area contributed by atoms with Crippen LogP contribution in [0.2, 0.25) is 0 Å². The van der Waals surface area contributed by atoms with Gasteiger partial charge in [-0.1, -0.05) is 0 Å². The van der Waals surface area contributed by atoms with Crippen LogP contribution in [0.4, 0.5) is 23.5 Å². The number of hydrogen-bond donors (Lipinski definition) is 1. The Morgan fingerprint density at radius 3 is 2.38 bits per heavy atom. The van der Waals surface area contributed by atoms with Crippen molar-refractivity contribution in [2.45, 2.75) is 49.9 Å². The zero-order valence-corrected chi connectivity index (χ0v) is 20.6. The summed E-state index contributed by atoms with van der Waals surface area (Å²) in [7, 11) is 0.554. The first-order valence-corrected chi connectivity index (χ1v) is 13.5. The number of anilines is 1. The minimum atomic E-state index is -4.75. The highest BCUT2D eigenvalue weighted by Crippen LogP contribution is 2.47. The number of halogens is 4. The zero-order chi connectivity index (χ0) is 24.8. The van der Waals surface area contributed by atoms with E-state index in [0.717, 1.165) is 23.8 Å². The summed E-state index contributed by atoms with van der Waals surface area (Å²) in [6.45, 7) is 0.604. The summed E-state index contributed by atoms with van der Waals surface area (Å²) >= 11 is 0.828. The molecule has 14 heteroatoms. The van der Waals surface area contributed by atoms with Crippen LogP contribution >= 0.6 is 11.3 Å². The minimum Gasteiger partial charge on any atom is -0.351 e. The number of sulfonamides is 1. The first-order chi connectivity index (χ1) is 15.8. The fourth-order valence-electron chi connectivity index (χ4n) is 4.19. The van der Waals surface area contributed by atoms with Crippen LogP contribution in [-0.4, -0.2) is 78.1 Å². The van der Waals surface area contributed by atoms with Crippen LogP contribution in [0, 0.1) is 5.82 Å². The highest BCUT2D eigenvalue weighted by atomic mass is 32.2. The molecule has 2 aromatic rings. The predicted octanol–water partition coefficient (Wildman–Crippen LogP) is 3.40. The molecule has 1 aliphatic carbocycles. The van der Waals surface area contributed by atoms with Crippen molar-refractivity contribution < 1.29 is 26.0 Å². The fourth-order valence-corrected chi connectivity index (χ4v) is 6.26. The average molecular weight is 523 g/mol. The maximum Gasteiger partial charge on any atom is 0.434 e. The van der Waals surface area contributed by atoms with Crippen LogP contribution < -0.4 is 5.32 Å². The molecule has 3 heterocycles. The summed E-state index contributed by atoms with van der Waals surface area (Å²) in [5, 5.41) is 3.34. The molecule has 0 radical (unpaired) electrons. The molecule has 1 aliphatic heterocycles. The molecule has 0 bridgehead atoms. The van der Waals surface area contributed by atoms with Gasteiger partial charge in [-0.2, -0.15) is 13.2 Å². The van der Waals surface area contributed by atoms with E-state index in [1.165, 1.54) is 4.31 Å². The number of nitrogens with one attached hydrogen (secondary N) is 1. The van der Waals surface area contributed by atoms with Crippen molar-refractivity contribution >= 4 is 27.3 Å². The van der Waals surface area contributed by atoms with E-state index in [-0.39, 0.29) is 28.8 Å². The van der Waals surface area contributed by atoms with E-state index in [9.17, 15) is 26.0 Å². The number of aromatic nitrogens is 3. The molecule has 2 aromatic heterocycles. The minimum absolute atomic E-state index is 0.00593. The third-order valence-electron chi connectivity index (χ3n) is 6.32. The summed E-state index contributed by atoms with van der Waals surface area (Å²) in [5.74, 6) is -1.07. The Bertz CT molecular complexity index is 1140. The first-order valence-electron chi connectivity index (χ1n) is 10.8. The molecule has 1 saturated carbocycles. The Balaban J connectivity index is 1.57. The maximum absolute atomic E-state index is 14.6. The lowest BCUT2D eigenvalue weighted by Crippen LogP contribution is -2.42. The van der Waals surface area contributed by atoms with Gasteiger partial charge in [-0.15, -0.1) is 11.3 Å². The van der Waals surface area contributed by atoms with E-state index in [1.54, 1.807) is 0 Å². The van der Waals surface area contributed by atoms with Crippen molar-refractivity contribution in [3.8, 4) is 10.6 Å². The lowest BCUT2D eigenvalue weighted by atomic mass is 9.80. The molecule has 2 fully saturated rings. The maximum atomic E-state index is 14.6. The van der Waals surface area contributed by atoms with Crippen molar-refractivity contribution in [1.29, 1.82) is 0 Å². The standard InChI is InChI=1S/C20H26F4N6O2S2/c1-29(2)13-8-11(9-13)18-28-17(20(22,23)24)16(33-18)15-14(21)10-25-19(27-15)26-12-4-6-30(7-5-12)34(3,31)32/h10-13H,4-9H2,1-3H3,(H,25,26,27)/t11-,13-. The van der Waals surface area contributed by atoms with Crippen LogP contribution in [-0.2, 0) is 16.2 Å². The van der Waals surface area contributed by atoms with Gasteiger partial charge in [0.25, 0.3) is 0 Å². The van der Waals surface area contributed by atoms with Gasteiger partial charge in [0, 0.05) is 31.1 Å². The summed E-state index contributed by atoms with van der Waals surface area (Å²) in [6, 6.07) is 0.0979. The molecule has 0 spiro atoms. The van der Waals surface area contributed by atoms with Crippen LogP contribution in [0.3, 0.4) is 0 Å². The highest BCUT2D eigenvalue weighted by Gasteiger charge is 2.42. The van der Waals surface area contributed by atoms with E-state index < -0.39 is 33.4 Å². The van der Waals surface area contributed by atoms with Crippen LogP contribution in [0.15, 0.2) is 6.20 Å². The van der Waals surface area contributed by atoms with Gasteiger partial charge in [-0.3, -0.25) is 0 Å². The molecule has 8 nitrogen and oxygen atoms in total. The lowest BCUT2D eigenvalue weighted by molar-refractivity contribution is -0.140. The smallest absolute Gasteiger partial charge is 0.351 e. The average Bonchev–Trinajstić information content (AvgIpc) is 3.13. The number of nitrogens with zero attached hydrogens (tertiary/aromatic N) is 5. The van der Waals surface area contributed by atoms with Crippen LogP contribution in [0.25, 0.3) is 10.6 Å². The fraction of sp³-hybridized carbons (Fsp3) is 0.650. The molecule has 4 rings (SSSR count). The molecule has 0 unspecified atom stereocenters. The molecular formula is C20H26F4N6O2S2. The van der Waals surface area contributed by atoms with Gasteiger partial charge in [0.15, 0.2) is 11.5 Å². The van der Waals surface area contributed by atoms with E-state index in [1.807, 2.05) is 19.0 Å². The van der Waals surface area contributed by atoms with Crippen molar-refractivity contribution in [2.75, 3.05) is 38.8 Å². The molecule has 1 N–H and O–H groups in total. The van der Waals surface area contributed by atoms with Crippen molar-refractivity contribution in [2.24, 2.45) is 0 Å². The van der Waals surface area contributed by atoms with E-state index >= 15 is 0 Å². The van der Waals surface area contributed by atoms with E-state index in [0.29, 0.717) is 43.8 Å². The highest BCUT2D eigenvalue weighted by molar-refractivity contribution is 7.88. The van der Waals surface area contributed by atoms with Crippen LogP contribution in [0.1, 0.15) is 42.3 Å². The van der Waals surface area contributed by atoms with Gasteiger partial charge in [0.1, 0.15) is 5.69 Å². The number of thiazole rings is 1. The number of rotatable bonds is 6. The monoisotopic (exact) mass is 522 g/mol. The summed E-state index contributed by atoms with van der Waals surface area (Å²) < 4.78 is 80.7. The molecular weight excluding hydrogens is 496 g/mol. The third-order valence-corrected chi connectivity index (χ3v) is 8.85. The van der Waals surface area contributed by atoms with E-state index in [2.05, 4.69) is 20.3 Å². The predicted molar refractivity (Wildman–Crippen MR) is 121 cm³/mol. The normalized spacial score (nSPS) is 22.7. The summed E-state index contributed by atoms with van der Waals surface area (Å²) in [5.41, 5.74) is -1.57. The second-order valence-corrected chi connectivity index (χ2v) is 12.0. The van der Waals surface area contributed by atoms with Crippen molar-refractivity contribution in [1.82, 2.24) is 24.2 Å². The second kappa shape index (κ2) is 9.28. The molecule has 0 atom stereocenters. The summed E-state index contributed by atoms with van der Waals surface area (Å²) in [6.07, 6.45) is -0.431. The molecule has 1 saturated heterocycles. The van der Waals surface area contributed by atoms with Crippen molar-refractivity contribution in [3.63, 3.8) is 0 Å². The third kappa shape index (κ3) is 5.34. The largest absolute Gasteiger partial charge is 0.434 e. The number of alkyl halides is 3. The molecule has 188 valence electrons.